The summed E-state index contributed by atoms with van der Waals surface area (Å²) in [6.45, 7) is 3.84. The summed E-state index contributed by atoms with van der Waals surface area (Å²) < 4.78 is 0. The Labute approximate surface area is 201 Å². The normalized spacial score (nSPS) is 14.8. The zero-order chi connectivity index (χ0) is 23.4. The van der Waals surface area contributed by atoms with Gasteiger partial charge in [0.05, 0.1) is 10.1 Å². The molecule has 1 amide bonds. The molecule has 170 valence electrons. The van der Waals surface area contributed by atoms with Gasteiger partial charge in [-0.3, -0.25) is 15.6 Å². The molecule has 0 radical (unpaired) electrons. The van der Waals surface area contributed by atoms with Crippen LogP contribution in [0.3, 0.4) is 0 Å². The molecule has 1 fully saturated rings. The van der Waals surface area contributed by atoms with Crippen LogP contribution in [0.15, 0.2) is 53.8 Å². The van der Waals surface area contributed by atoms with Crippen LogP contribution in [0.25, 0.3) is 10.8 Å². The van der Waals surface area contributed by atoms with Crippen molar-refractivity contribution in [3.63, 3.8) is 0 Å². The van der Waals surface area contributed by atoms with Gasteiger partial charge in [0.2, 0.25) is 0 Å². The lowest BCUT2D eigenvalue weighted by molar-refractivity contribution is 0.102. The van der Waals surface area contributed by atoms with Crippen LogP contribution in [0.1, 0.15) is 35.7 Å². The number of aromatic nitrogens is 2. The first-order valence-electron chi connectivity index (χ1n) is 10.7. The number of amides is 1. The highest BCUT2D eigenvalue weighted by atomic mass is 32.2. The molecule has 0 atom stereocenters. The minimum absolute atomic E-state index is 0.228. The monoisotopic (exact) mass is 478 g/mol. The molecule has 2 aromatic heterocycles. The Balaban J connectivity index is 1.47. The molecule has 0 bridgehead atoms. The second-order valence-electron chi connectivity index (χ2n) is 8.08. The van der Waals surface area contributed by atoms with E-state index >= 15 is 0 Å². The number of pyridine rings is 2. The van der Waals surface area contributed by atoms with Crippen LogP contribution < -0.4 is 5.32 Å². The number of rotatable bonds is 5. The molecule has 0 aliphatic carbocycles. The van der Waals surface area contributed by atoms with Crippen molar-refractivity contribution in [1.29, 1.82) is 10.8 Å². The van der Waals surface area contributed by atoms with Crippen molar-refractivity contribution in [1.82, 2.24) is 14.9 Å². The highest BCUT2D eigenvalue weighted by Crippen LogP contribution is 2.29. The van der Waals surface area contributed by atoms with E-state index in [1.54, 1.807) is 43.2 Å². The lowest BCUT2D eigenvalue weighted by Gasteiger charge is -2.28. The molecule has 1 saturated heterocycles. The Morgan fingerprint density at radius 2 is 1.85 bits per heavy atom. The minimum Gasteiger partial charge on any atom is -0.307 e. The average Bonchev–Trinajstić information content (AvgIpc) is 2.80. The summed E-state index contributed by atoms with van der Waals surface area (Å²) in [5, 5.41) is 22.5. The van der Waals surface area contributed by atoms with Gasteiger partial charge in [-0.05, 0) is 69.6 Å². The number of nitrogens with one attached hydrogen (secondary N) is 3. The zero-order valence-corrected chi connectivity index (χ0v) is 20.2. The van der Waals surface area contributed by atoms with Crippen molar-refractivity contribution in [2.24, 2.45) is 0 Å². The minimum atomic E-state index is -0.228. The van der Waals surface area contributed by atoms with E-state index < -0.39 is 0 Å². The van der Waals surface area contributed by atoms with Gasteiger partial charge < -0.3 is 10.2 Å². The number of fused-ring (bicyclic) bond motifs is 1. The molecular formula is C24H26N6OS2. The maximum Gasteiger partial charge on any atom is 0.256 e. The Hall–Kier alpha value is -2.75. The standard InChI is InChI=1S/C24H26N6OS2/c1-15(25)32-23(26)16-3-4-18-14-28-21(12-19(18)11-16)29-24(31)17-5-8-27-22(13-17)33-20-6-9-30(2)10-7-20/h3-5,8,11-14,20,25-26H,6-7,9-10H2,1-2H3,(H,28,29,31). The lowest BCUT2D eigenvalue weighted by atomic mass is 10.1. The predicted molar refractivity (Wildman–Crippen MR) is 138 cm³/mol. The number of likely N-dealkylation sites (tertiary alicyclic amines) is 1. The fourth-order valence-corrected chi connectivity index (χ4v) is 5.30. The number of hydrogen-bond acceptors (Lipinski definition) is 8. The molecule has 3 N–H and O–H groups in total. The summed E-state index contributed by atoms with van der Waals surface area (Å²) in [6, 6.07) is 11.0. The molecule has 0 spiro atoms. The van der Waals surface area contributed by atoms with E-state index in [1.165, 1.54) is 0 Å². The van der Waals surface area contributed by atoms with Gasteiger partial charge in [-0.25, -0.2) is 9.97 Å². The van der Waals surface area contributed by atoms with Gasteiger partial charge in [0, 0.05) is 34.2 Å². The molecule has 9 heteroatoms. The fourth-order valence-electron chi connectivity index (χ4n) is 3.64. The molecule has 3 aromatic rings. The van der Waals surface area contributed by atoms with Crippen molar-refractivity contribution in [3.05, 3.63) is 59.9 Å². The molecule has 33 heavy (non-hydrogen) atoms. The molecule has 1 aliphatic rings. The van der Waals surface area contributed by atoms with Crippen LogP contribution in [0.5, 0.6) is 0 Å². The zero-order valence-electron chi connectivity index (χ0n) is 18.6. The molecule has 0 saturated carbocycles. The lowest BCUT2D eigenvalue weighted by Crippen LogP contribution is -2.31. The predicted octanol–water partition coefficient (Wildman–Crippen LogP) is 5.12. The van der Waals surface area contributed by atoms with Crippen LogP contribution in [0.2, 0.25) is 0 Å². The number of benzene rings is 1. The molecule has 1 aromatic carbocycles. The summed E-state index contributed by atoms with van der Waals surface area (Å²) in [4.78, 5) is 24.0. The van der Waals surface area contributed by atoms with Gasteiger partial charge in [-0.2, -0.15) is 0 Å². The topological polar surface area (TPSA) is 106 Å². The van der Waals surface area contributed by atoms with Crippen molar-refractivity contribution in [2.45, 2.75) is 30.0 Å². The van der Waals surface area contributed by atoms with E-state index in [1.807, 2.05) is 24.3 Å². The largest absolute Gasteiger partial charge is 0.307 e. The number of nitrogens with zero attached hydrogens (tertiary/aromatic N) is 3. The van der Waals surface area contributed by atoms with E-state index in [-0.39, 0.29) is 5.91 Å². The van der Waals surface area contributed by atoms with Crippen LogP contribution in [-0.2, 0) is 0 Å². The summed E-state index contributed by atoms with van der Waals surface area (Å²) in [7, 11) is 2.14. The van der Waals surface area contributed by atoms with Crippen LogP contribution in [0.4, 0.5) is 5.82 Å². The first kappa shape index (κ1) is 23.4. The van der Waals surface area contributed by atoms with E-state index in [9.17, 15) is 4.79 Å². The van der Waals surface area contributed by atoms with Crippen molar-refractivity contribution < 1.29 is 4.79 Å². The number of piperidine rings is 1. The first-order valence-corrected chi connectivity index (χ1v) is 12.4. The SMILES string of the molecule is CC(=N)SC(=N)c1ccc2cnc(NC(=O)c3ccnc(SC4CCN(C)CC4)c3)cc2c1. The Morgan fingerprint density at radius 3 is 2.61 bits per heavy atom. The Morgan fingerprint density at radius 1 is 1.06 bits per heavy atom. The van der Waals surface area contributed by atoms with E-state index in [0.29, 0.717) is 26.7 Å². The maximum atomic E-state index is 12.9. The first-order chi connectivity index (χ1) is 15.9. The molecule has 0 unspecified atom stereocenters. The van der Waals surface area contributed by atoms with Gasteiger partial charge in [-0.1, -0.05) is 23.9 Å². The third kappa shape index (κ3) is 6.19. The van der Waals surface area contributed by atoms with E-state index in [2.05, 4.69) is 27.2 Å². The van der Waals surface area contributed by atoms with E-state index in [0.717, 1.165) is 59.1 Å². The summed E-state index contributed by atoms with van der Waals surface area (Å²) in [6.07, 6.45) is 5.64. The summed E-state index contributed by atoms with van der Waals surface area (Å²) >= 11 is 2.86. The van der Waals surface area contributed by atoms with Gasteiger partial charge >= 0.3 is 0 Å². The van der Waals surface area contributed by atoms with Gasteiger partial charge in [0.15, 0.2) is 0 Å². The molecule has 4 rings (SSSR count). The number of carbonyl (C=O) groups is 1. The third-order valence-electron chi connectivity index (χ3n) is 5.43. The van der Waals surface area contributed by atoms with Gasteiger partial charge in [0.25, 0.3) is 5.91 Å². The van der Waals surface area contributed by atoms with Crippen LogP contribution >= 0.6 is 23.5 Å². The highest BCUT2D eigenvalue weighted by molar-refractivity contribution is 8.26. The maximum absolute atomic E-state index is 12.9. The number of thioether (sulfide) groups is 2. The molecular weight excluding hydrogens is 452 g/mol. The summed E-state index contributed by atoms with van der Waals surface area (Å²) in [5.41, 5.74) is 1.28. The third-order valence-corrected chi connectivity index (χ3v) is 7.45. The molecule has 7 nitrogen and oxygen atoms in total. The smallest absolute Gasteiger partial charge is 0.256 e. The Kier molecular flexibility index (Phi) is 7.42. The van der Waals surface area contributed by atoms with Crippen LogP contribution in [0, 0.1) is 10.8 Å². The number of carbonyl (C=O) groups excluding carboxylic acids is 1. The molecule has 3 heterocycles. The van der Waals surface area contributed by atoms with Gasteiger partial charge in [0.1, 0.15) is 10.9 Å². The molecule has 1 aliphatic heterocycles. The van der Waals surface area contributed by atoms with Gasteiger partial charge in [-0.15, -0.1) is 11.8 Å². The van der Waals surface area contributed by atoms with Crippen molar-refractivity contribution >= 4 is 56.1 Å². The Bertz CT molecular complexity index is 1210. The van der Waals surface area contributed by atoms with Crippen molar-refractivity contribution in [2.75, 3.05) is 25.5 Å². The highest BCUT2D eigenvalue weighted by Gasteiger charge is 2.19. The fraction of sp³-hybridized carbons (Fsp3) is 0.292. The quantitative estimate of drug-likeness (QED) is 0.347. The second-order valence-corrected chi connectivity index (χ2v) is 10.6. The number of anilines is 1. The number of hydrogen-bond donors (Lipinski definition) is 3. The second kappa shape index (κ2) is 10.5. The average molecular weight is 479 g/mol. The summed E-state index contributed by atoms with van der Waals surface area (Å²) in [5.74, 6) is 0.224. The van der Waals surface area contributed by atoms with Crippen molar-refractivity contribution in [3.8, 4) is 0 Å². The van der Waals surface area contributed by atoms with E-state index in [4.69, 9.17) is 10.8 Å². The van der Waals surface area contributed by atoms with Crippen LogP contribution in [-0.4, -0.2) is 56.2 Å².